The molecule has 0 aliphatic heterocycles. The summed E-state index contributed by atoms with van der Waals surface area (Å²) < 4.78 is 0. The zero-order valence-corrected chi connectivity index (χ0v) is 10.4. The summed E-state index contributed by atoms with van der Waals surface area (Å²) in [7, 11) is 0. The molecule has 0 spiro atoms. The lowest BCUT2D eigenvalue weighted by Gasteiger charge is -2.23. The van der Waals surface area contributed by atoms with E-state index in [1.807, 2.05) is 6.08 Å². The van der Waals surface area contributed by atoms with Gasteiger partial charge in [0.1, 0.15) is 0 Å². The predicted molar refractivity (Wildman–Crippen MR) is 65.7 cm³/mol. The fourth-order valence-electron chi connectivity index (χ4n) is 0.833. The van der Waals surface area contributed by atoms with Crippen LogP contribution in [0.25, 0.3) is 0 Å². The van der Waals surface area contributed by atoms with Gasteiger partial charge in [0.15, 0.2) is 0 Å². The first-order valence-electron chi connectivity index (χ1n) is 5.00. The van der Waals surface area contributed by atoms with Crippen LogP contribution in [0.1, 0.15) is 41.5 Å². The van der Waals surface area contributed by atoms with Crippen LogP contribution in [0.2, 0.25) is 0 Å². The van der Waals surface area contributed by atoms with Gasteiger partial charge in [-0.05, 0) is 6.08 Å². The van der Waals surface area contributed by atoms with Crippen molar-refractivity contribution in [3.05, 3.63) is 24.9 Å². The SMILES string of the molecule is C=CC(=NC(=C)C(C)(C)C)C(C)(C)C. The summed E-state index contributed by atoms with van der Waals surface area (Å²) in [6.45, 7) is 20.5. The normalized spacial score (nSPS) is 14.0. The first-order valence-corrected chi connectivity index (χ1v) is 5.00. The number of nitrogens with zero attached hydrogens (tertiary/aromatic N) is 1. The second kappa shape index (κ2) is 4.12. The molecular formula is C13H23N. The quantitative estimate of drug-likeness (QED) is 0.582. The first-order chi connectivity index (χ1) is 6.09. The van der Waals surface area contributed by atoms with Gasteiger partial charge in [-0.3, -0.25) is 4.99 Å². The van der Waals surface area contributed by atoms with Crippen molar-refractivity contribution < 1.29 is 0 Å². The van der Waals surface area contributed by atoms with Crippen molar-refractivity contribution in [1.29, 1.82) is 0 Å². The molecule has 1 heteroatoms. The van der Waals surface area contributed by atoms with E-state index >= 15 is 0 Å². The van der Waals surface area contributed by atoms with Gasteiger partial charge in [0.05, 0.1) is 0 Å². The molecular weight excluding hydrogens is 170 g/mol. The van der Waals surface area contributed by atoms with Crippen molar-refractivity contribution in [2.75, 3.05) is 0 Å². The zero-order chi connectivity index (χ0) is 11.6. The highest BCUT2D eigenvalue weighted by Crippen LogP contribution is 2.27. The molecule has 0 heterocycles. The first kappa shape index (κ1) is 13.2. The van der Waals surface area contributed by atoms with Gasteiger partial charge >= 0.3 is 0 Å². The Morgan fingerprint density at radius 2 is 1.43 bits per heavy atom. The number of aliphatic imine (C=N–C) groups is 1. The summed E-state index contributed by atoms with van der Waals surface area (Å²) in [5.41, 5.74) is 1.97. The van der Waals surface area contributed by atoms with Crippen LogP contribution in [0.15, 0.2) is 29.9 Å². The number of hydrogen-bond donors (Lipinski definition) is 0. The average Bonchev–Trinajstić information content (AvgIpc) is 1.95. The predicted octanol–water partition coefficient (Wildman–Crippen LogP) is 4.22. The van der Waals surface area contributed by atoms with Crippen LogP contribution < -0.4 is 0 Å². The second-order valence-electron chi connectivity index (χ2n) is 5.65. The van der Waals surface area contributed by atoms with E-state index in [9.17, 15) is 0 Å². The smallest absolute Gasteiger partial charge is 0.0454 e. The Labute approximate surface area is 88.6 Å². The van der Waals surface area contributed by atoms with E-state index in [0.29, 0.717) is 0 Å². The van der Waals surface area contributed by atoms with Crippen LogP contribution in [0.4, 0.5) is 0 Å². The maximum Gasteiger partial charge on any atom is 0.0454 e. The largest absolute Gasteiger partial charge is 0.257 e. The highest BCUT2D eigenvalue weighted by atomic mass is 14.8. The van der Waals surface area contributed by atoms with Crippen LogP contribution in [-0.2, 0) is 0 Å². The number of hydrogen-bond acceptors (Lipinski definition) is 1. The van der Waals surface area contributed by atoms with E-state index in [1.54, 1.807) is 0 Å². The monoisotopic (exact) mass is 193 g/mol. The molecule has 14 heavy (non-hydrogen) atoms. The van der Waals surface area contributed by atoms with Gasteiger partial charge < -0.3 is 0 Å². The summed E-state index contributed by atoms with van der Waals surface area (Å²) in [5, 5.41) is 0. The van der Waals surface area contributed by atoms with Crippen LogP contribution in [0.3, 0.4) is 0 Å². The standard InChI is InChI=1S/C13H23N/c1-9-11(13(6,7)8)14-10(2)12(3,4)5/h9H,1-2H2,3-8H3. The van der Waals surface area contributed by atoms with Crippen molar-refractivity contribution in [3.8, 4) is 0 Å². The molecule has 0 saturated heterocycles. The third-order valence-electron chi connectivity index (χ3n) is 2.08. The van der Waals surface area contributed by atoms with Gasteiger partial charge in [-0.1, -0.05) is 54.7 Å². The zero-order valence-electron chi connectivity index (χ0n) is 10.4. The van der Waals surface area contributed by atoms with Crippen molar-refractivity contribution in [2.24, 2.45) is 15.8 Å². The summed E-state index contributed by atoms with van der Waals surface area (Å²) in [5.74, 6) is 0. The summed E-state index contributed by atoms with van der Waals surface area (Å²) in [6, 6.07) is 0. The molecule has 0 amide bonds. The van der Waals surface area contributed by atoms with Crippen molar-refractivity contribution >= 4 is 5.71 Å². The maximum absolute atomic E-state index is 4.54. The molecule has 1 nitrogen and oxygen atoms in total. The van der Waals surface area contributed by atoms with Crippen molar-refractivity contribution in [2.45, 2.75) is 41.5 Å². The average molecular weight is 193 g/mol. The molecule has 0 fully saturated rings. The molecule has 0 saturated carbocycles. The van der Waals surface area contributed by atoms with E-state index < -0.39 is 0 Å². The van der Waals surface area contributed by atoms with Gasteiger partial charge in [0, 0.05) is 22.2 Å². The van der Waals surface area contributed by atoms with Crippen molar-refractivity contribution in [1.82, 2.24) is 0 Å². The minimum absolute atomic E-state index is 0.0273. The van der Waals surface area contributed by atoms with Crippen LogP contribution in [-0.4, -0.2) is 5.71 Å². The molecule has 0 atom stereocenters. The third kappa shape index (κ3) is 3.91. The van der Waals surface area contributed by atoms with E-state index in [0.717, 1.165) is 11.4 Å². The van der Waals surface area contributed by atoms with Crippen LogP contribution >= 0.6 is 0 Å². The van der Waals surface area contributed by atoms with Gasteiger partial charge in [0.25, 0.3) is 0 Å². The molecule has 0 unspecified atom stereocenters. The van der Waals surface area contributed by atoms with E-state index in [1.165, 1.54) is 0 Å². The Bertz CT molecular complexity index is 256. The van der Waals surface area contributed by atoms with Gasteiger partial charge in [-0.25, -0.2) is 0 Å². The Morgan fingerprint density at radius 1 is 1.00 bits per heavy atom. The minimum Gasteiger partial charge on any atom is -0.257 e. The molecule has 0 aliphatic carbocycles. The molecule has 0 aromatic rings. The highest BCUT2D eigenvalue weighted by molar-refractivity contribution is 5.99. The molecule has 0 radical (unpaired) electrons. The molecule has 0 bridgehead atoms. The van der Waals surface area contributed by atoms with Gasteiger partial charge in [0.2, 0.25) is 0 Å². The summed E-state index contributed by atoms with van der Waals surface area (Å²) in [6.07, 6.45) is 1.82. The molecule has 0 N–H and O–H groups in total. The minimum atomic E-state index is 0.0273. The fraction of sp³-hybridized carbons (Fsp3) is 0.615. The van der Waals surface area contributed by atoms with Gasteiger partial charge in [-0.15, -0.1) is 0 Å². The van der Waals surface area contributed by atoms with E-state index in [-0.39, 0.29) is 10.8 Å². The van der Waals surface area contributed by atoms with Crippen LogP contribution in [0.5, 0.6) is 0 Å². The Balaban J connectivity index is 4.98. The topological polar surface area (TPSA) is 12.4 Å². The molecule has 0 aromatic heterocycles. The van der Waals surface area contributed by atoms with E-state index in [4.69, 9.17) is 0 Å². The molecule has 0 aromatic carbocycles. The third-order valence-corrected chi connectivity index (χ3v) is 2.08. The van der Waals surface area contributed by atoms with Gasteiger partial charge in [-0.2, -0.15) is 0 Å². The molecule has 80 valence electrons. The van der Waals surface area contributed by atoms with Crippen LogP contribution in [0, 0.1) is 10.8 Å². The molecule has 0 rings (SSSR count). The molecule has 0 aliphatic rings. The maximum atomic E-state index is 4.54. The lowest BCUT2D eigenvalue weighted by molar-refractivity contribution is 0.497. The van der Waals surface area contributed by atoms with Crippen molar-refractivity contribution in [3.63, 3.8) is 0 Å². The lowest BCUT2D eigenvalue weighted by atomic mass is 9.88. The lowest BCUT2D eigenvalue weighted by Crippen LogP contribution is -2.19. The Kier molecular flexibility index (Phi) is 3.87. The summed E-state index contributed by atoms with van der Waals surface area (Å²) >= 11 is 0. The highest BCUT2D eigenvalue weighted by Gasteiger charge is 2.19. The second-order valence-corrected chi connectivity index (χ2v) is 5.65. The fourth-order valence-corrected chi connectivity index (χ4v) is 0.833. The number of allylic oxidation sites excluding steroid dienone is 2. The van der Waals surface area contributed by atoms with E-state index in [2.05, 4.69) is 59.7 Å². The Morgan fingerprint density at radius 3 is 1.64 bits per heavy atom. The number of rotatable bonds is 2. The summed E-state index contributed by atoms with van der Waals surface area (Å²) in [4.78, 5) is 4.54. The Hall–Kier alpha value is -0.850.